The first kappa shape index (κ1) is 14.2. The van der Waals surface area contributed by atoms with E-state index in [0.717, 1.165) is 0 Å². The molecule has 0 atom stereocenters. The van der Waals surface area contributed by atoms with Gasteiger partial charge in [0.25, 0.3) is 0 Å². The van der Waals surface area contributed by atoms with E-state index in [1.807, 2.05) is 4.57 Å². The summed E-state index contributed by atoms with van der Waals surface area (Å²) in [5.74, 6) is -0.396. The molecule has 2 aromatic rings. The van der Waals surface area contributed by atoms with E-state index < -0.39 is 11.8 Å². The van der Waals surface area contributed by atoms with Crippen LogP contribution in [0, 0.1) is 5.82 Å². The summed E-state index contributed by atoms with van der Waals surface area (Å²) < 4.78 is 20.7. The molecule has 1 aromatic carbocycles. The summed E-state index contributed by atoms with van der Waals surface area (Å²) in [5, 5.41) is 3.12. The van der Waals surface area contributed by atoms with Crippen LogP contribution >= 0.6 is 0 Å². The van der Waals surface area contributed by atoms with E-state index in [0.29, 0.717) is 18.9 Å². The molecule has 0 bridgehead atoms. The van der Waals surface area contributed by atoms with Crippen molar-refractivity contribution in [2.45, 2.75) is 13.5 Å². The lowest BCUT2D eigenvalue weighted by Crippen LogP contribution is -2.24. The molecule has 0 aliphatic carbocycles. The van der Waals surface area contributed by atoms with Crippen LogP contribution in [-0.2, 0) is 11.3 Å². The maximum Gasteiger partial charge on any atom is 0.345 e. The fraction of sp³-hybridized carbons (Fsp3) is 0.267. The van der Waals surface area contributed by atoms with Crippen molar-refractivity contribution in [1.29, 1.82) is 0 Å². The monoisotopic (exact) mass is 302 g/mol. The molecule has 3 rings (SSSR count). The summed E-state index contributed by atoms with van der Waals surface area (Å²) in [4.78, 5) is 20.6. The number of para-hydroxylation sites is 1. The second kappa shape index (κ2) is 5.97. The number of ether oxygens (including phenoxy) is 1. The first-order valence-electron chi connectivity index (χ1n) is 7.00. The van der Waals surface area contributed by atoms with Crippen LogP contribution in [0.4, 0.5) is 15.9 Å². The molecule has 1 aromatic heterocycles. The molecule has 0 saturated heterocycles. The van der Waals surface area contributed by atoms with Gasteiger partial charge in [0.2, 0.25) is 0 Å². The quantitative estimate of drug-likeness (QED) is 0.879. The van der Waals surface area contributed by atoms with Crippen molar-refractivity contribution < 1.29 is 13.9 Å². The normalized spacial score (nSPS) is 13.6. The Bertz CT molecular complexity index is 785. The highest BCUT2D eigenvalue weighted by Gasteiger charge is 2.22. The Morgan fingerprint density at radius 2 is 2.32 bits per heavy atom. The zero-order valence-corrected chi connectivity index (χ0v) is 12.0. The third-order valence-electron chi connectivity index (χ3n) is 3.27. The number of nitrogens with one attached hydrogen (secondary N) is 1. The van der Waals surface area contributed by atoms with E-state index in [2.05, 4.69) is 15.3 Å². The molecule has 2 heterocycles. The Labute approximate surface area is 126 Å². The maximum absolute atomic E-state index is 13.8. The summed E-state index contributed by atoms with van der Waals surface area (Å²) in [6.07, 6.45) is 1.58. The SMILES string of the molecule is CCOC(=O)c1c2n(cnc1=Nc1ccccc1F)CCN2. The first-order valence-corrected chi connectivity index (χ1v) is 7.00. The Balaban J connectivity index is 2.20. The number of fused-ring (bicyclic) bond motifs is 1. The predicted octanol–water partition coefficient (Wildman–Crippen LogP) is 1.86. The number of aromatic nitrogens is 2. The van der Waals surface area contributed by atoms with E-state index in [1.165, 1.54) is 12.1 Å². The molecule has 0 amide bonds. The Morgan fingerprint density at radius 1 is 1.50 bits per heavy atom. The minimum absolute atomic E-state index is 0.128. The van der Waals surface area contributed by atoms with Crippen LogP contribution in [0.2, 0.25) is 0 Å². The number of benzene rings is 1. The van der Waals surface area contributed by atoms with Crippen LogP contribution in [0.15, 0.2) is 35.6 Å². The van der Waals surface area contributed by atoms with Crippen LogP contribution in [0.3, 0.4) is 0 Å². The van der Waals surface area contributed by atoms with Crippen molar-refractivity contribution in [3.63, 3.8) is 0 Å². The number of hydrogen-bond donors (Lipinski definition) is 1. The molecule has 1 aliphatic rings. The molecule has 22 heavy (non-hydrogen) atoms. The van der Waals surface area contributed by atoms with Gasteiger partial charge in [0.1, 0.15) is 22.9 Å². The van der Waals surface area contributed by atoms with Crippen LogP contribution in [0.25, 0.3) is 0 Å². The van der Waals surface area contributed by atoms with Crippen LogP contribution in [-0.4, -0.2) is 28.7 Å². The van der Waals surface area contributed by atoms with Crippen molar-refractivity contribution in [2.75, 3.05) is 18.5 Å². The average Bonchev–Trinajstić information content (AvgIpc) is 2.98. The van der Waals surface area contributed by atoms with E-state index in [9.17, 15) is 9.18 Å². The number of halogens is 1. The number of anilines is 1. The van der Waals surface area contributed by atoms with E-state index >= 15 is 0 Å². The number of hydrogen-bond acceptors (Lipinski definition) is 5. The van der Waals surface area contributed by atoms with Gasteiger partial charge in [-0.05, 0) is 19.1 Å². The largest absolute Gasteiger partial charge is 0.462 e. The maximum atomic E-state index is 13.8. The number of rotatable bonds is 3. The first-order chi connectivity index (χ1) is 10.7. The number of nitrogens with zero attached hydrogens (tertiary/aromatic N) is 3. The fourth-order valence-electron chi connectivity index (χ4n) is 2.28. The van der Waals surface area contributed by atoms with Gasteiger partial charge in [0.15, 0.2) is 5.49 Å². The van der Waals surface area contributed by atoms with Crippen molar-refractivity contribution in [3.8, 4) is 0 Å². The molecule has 6 nitrogen and oxygen atoms in total. The van der Waals surface area contributed by atoms with Gasteiger partial charge in [-0.15, -0.1) is 0 Å². The van der Waals surface area contributed by atoms with Crippen molar-refractivity contribution in [3.05, 3.63) is 47.5 Å². The van der Waals surface area contributed by atoms with Crippen molar-refractivity contribution in [1.82, 2.24) is 9.55 Å². The van der Waals surface area contributed by atoms with Gasteiger partial charge in [-0.1, -0.05) is 12.1 Å². The fourth-order valence-corrected chi connectivity index (χ4v) is 2.28. The van der Waals surface area contributed by atoms with Gasteiger partial charge in [-0.3, -0.25) is 0 Å². The Kier molecular flexibility index (Phi) is 3.86. The highest BCUT2D eigenvalue weighted by molar-refractivity contribution is 5.94. The van der Waals surface area contributed by atoms with E-state index in [4.69, 9.17) is 4.74 Å². The predicted molar refractivity (Wildman–Crippen MR) is 78.3 cm³/mol. The molecule has 1 N–H and O–H groups in total. The van der Waals surface area contributed by atoms with Gasteiger partial charge in [-0.2, -0.15) is 0 Å². The molecule has 7 heteroatoms. The van der Waals surface area contributed by atoms with Gasteiger partial charge < -0.3 is 14.6 Å². The highest BCUT2D eigenvalue weighted by Crippen LogP contribution is 2.19. The molecule has 0 spiro atoms. The average molecular weight is 302 g/mol. The third kappa shape index (κ3) is 2.57. The highest BCUT2D eigenvalue weighted by atomic mass is 19.1. The lowest BCUT2D eigenvalue weighted by molar-refractivity contribution is 0.0524. The third-order valence-corrected chi connectivity index (χ3v) is 3.27. The van der Waals surface area contributed by atoms with Crippen molar-refractivity contribution in [2.24, 2.45) is 4.99 Å². The smallest absolute Gasteiger partial charge is 0.345 e. The van der Waals surface area contributed by atoms with Gasteiger partial charge in [-0.25, -0.2) is 19.2 Å². The lowest BCUT2D eigenvalue weighted by atomic mass is 10.2. The molecule has 0 unspecified atom stereocenters. The zero-order chi connectivity index (χ0) is 15.5. The van der Waals surface area contributed by atoms with Gasteiger partial charge >= 0.3 is 5.97 Å². The Hall–Kier alpha value is -2.70. The molecule has 0 radical (unpaired) electrons. The molecular formula is C15H15FN4O2. The molecular weight excluding hydrogens is 287 g/mol. The minimum atomic E-state index is -0.524. The second-order valence-corrected chi connectivity index (χ2v) is 4.70. The summed E-state index contributed by atoms with van der Waals surface area (Å²) >= 11 is 0. The summed E-state index contributed by atoms with van der Waals surface area (Å²) in [5.41, 5.74) is 0.498. The number of carbonyl (C=O) groups excluding carboxylic acids is 1. The lowest BCUT2D eigenvalue weighted by Gasteiger charge is -2.09. The topological polar surface area (TPSA) is 68.5 Å². The van der Waals surface area contributed by atoms with Crippen LogP contribution < -0.4 is 10.8 Å². The van der Waals surface area contributed by atoms with Gasteiger partial charge in [0, 0.05) is 13.1 Å². The number of carbonyl (C=O) groups is 1. The van der Waals surface area contributed by atoms with Crippen LogP contribution in [0.5, 0.6) is 0 Å². The van der Waals surface area contributed by atoms with Crippen LogP contribution in [0.1, 0.15) is 17.3 Å². The van der Waals surface area contributed by atoms with Gasteiger partial charge in [0.05, 0.1) is 12.9 Å². The minimum Gasteiger partial charge on any atom is -0.462 e. The Morgan fingerprint density at radius 3 is 3.09 bits per heavy atom. The second-order valence-electron chi connectivity index (χ2n) is 4.70. The summed E-state index contributed by atoms with van der Waals surface area (Å²) in [7, 11) is 0. The number of esters is 1. The standard InChI is InChI=1S/C15H15FN4O2/c1-2-22-15(21)12-13(18-9-20-8-7-17-14(12)20)19-11-6-4-3-5-10(11)16/h3-6,9,17H,2,7-8H2,1H3. The zero-order valence-electron chi connectivity index (χ0n) is 12.0. The van der Waals surface area contributed by atoms with E-state index in [-0.39, 0.29) is 23.3 Å². The summed E-state index contributed by atoms with van der Waals surface area (Å²) in [6, 6.07) is 6.09. The molecule has 1 aliphatic heterocycles. The molecule has 0 saturated carbocycles. The summed E-state index contributed by atoms with van der Waals surface area (Å²) in [6.45, 7) is 3.36. The molecule has 114 valence electrons. The van der Waals surface area contributed by atoms with E-state index in [1.54, 1.807) is 25.4 Å². The van der Waals surface area contributed by atoms with Crippen molar-refractivity contribution >= 4 is 17.5 Å². The molecule has 0 fully saturated rings.